The number of imidazole rings is 1. The van der Waals surface area contributed by atoms with Gasteiger partial charge in [-0.05, 0) is 31.3 Å². The van der Waals surface area contributed by atoms with Gasteiger partial charge in [-0.3, -0.25) is 9.69 Å². The maximum atomic E-state index is 13.0. The van der Waals surface area contributed by atoms with Crippen molar-refractivity contribution in [1.82, 2.24) is 24.3 Å². The lowest BCUT2D eigenvalue weighted by molar-refractivity contribution is -0.140. The molecule has 2 aromatic heterocycles. The van der Waals surface area contributed by atoms with Gasteiger partial charge in [-0.25, -0.2) is 4.98 Å². The lowest BCUT2D eigenvalue weighted by Gasteiger charge is -2.32. The van der Waals surface area contributed by atoms with Crippen molar-refractivity contribution in [3.05, 3.63) is 54.1 Å². The molecule has 1 saturated heterocycles. The number of anilines is 1. The number of nitrogens with zero attached hydrogens (tertiary/aromatic N) is 4. The Balaban J connectivity index is 1.51. The predicted octanol–water partition coefficient (Wildman–Crippen LogP) is 3.05. The molecule has 1 fully saturated rings. The van der Waals surface area contributed by atoms with Gasteiger partial charge in [0.2, 0.25) is 0 Å². The van der Waals surface area contributed by atoms with Gasteiger partial charge in [0.05, 0.1) is 11.9 Å². The predicted molar refractivity (Wildman–Crippen MR) is 129 cm³/mol. The third kappa shape index (κ3) is 6.68. The van der Waals surface area contributed by atoms with Gasteiger partial charge in [-0.1, -0.05) is 5.92 Å². The van der Waals surface area contributed by atoms with Gasteiger partial charge in [0, 0.05) is 69.2 Å². The summed E-state index contributed by atoms with van der Waals surface area (Å²) < 4.78 is 46.8. The number of carbonyl (C=O) groups is 1. The number of halogens is 3. The number of aromatic amines is 1. The van der Waals surface area contributed by atoms with Gasteiger partial charge >= 0.3 is 12.1 Å². The standard InChI is InChI=1S/C25H27F3N6O2/c1-32-9-11-34(12-10-32)13-14-36-21-5-4-19(24-29-16-22(31-24)25(26,27)28)15-20(21)30-23(35)6-3-18-7-8-33(2)17-18/h4-5,7-8,15-17H,9-14H2,1-2H3,(H,29,31)(H,30,35). The zero-order valence-electron chi connectivity index (χ0n) is 20.0. The summed E-state index contributed by atoms with van der Waals surface area (Å²) in [5, 5.41) is 2.70. The van der Waals surface area contributed by atoms with Crippen LogP contribution in [0, 0.1) is 11.8 Å². The van der Waals surface area contributed by atoms with E-state index >= 15 is 0 Å². The minimum atomic E-state index is -4.54. The third-order valence-electron chi connectivity index (χ3n) is 5.80. The van der Waals surface area contributed by atoms with Crippen LogP contribution in [0.3, 0.4) is 0 Å². The molecule has 36 heavy (non-hydrogen) atoms. The summed E-state index contributed by atoms with van der Waals surface area (Å²) in [5.74, 6) is 5.16. The molecule has 0 saturated carbocycles. The molecule has 0 aliphatic carbocycles. The van der Waals surface area contributed by atoms with Crippen LogP contribution in [-0.2, 0) is 18.0 Å². The van der Waals surface area contributed by atoms with Crippen molar-refractivity contribution in [2.75, 3.05) is 51.7 Å². The summed E-state index contributed by atoms with van der Waals surface area (Å²) in [6.07, 6.45) is -0.208. The van der Waals surface area contributed by atoms with E-state index < -0.39 is 17.8 Å². The highest BCUT2D eigenvalue weighted by Gasteiger charge is 2.33. The number of rotatable bonds is 6. The number of carbonyl (C=O) groups excluding carboxylic acids is 1. The Morgan fingerprint density at radius 1 is 1.19 bits per heavy atom. The summed E-state index contributed by atoms with van der Waals surface area (Å²) in [7, 11) is 3.93. The molecule has 1 aliphatic rings. The molecule has 2 N–H and O–H groups in total. The molecule has 0 spiro atoms. The molecule has 190 valence electrons. The van der Waals surface area contributed by atoms with Crippen molar-refractivity contribution >= 4 is 11.6 Å². The van der Waals surface area contributed by atoms with Crippen LogP contribution in [0.5, 0.6) is 5.75 Å². The SMILES string of the molecule is CN1CCN(CCOc2ccc(-c3ncc(C(F)(F)F)[nH]3)cc2NC(=O)C#Cc2ccn(C)c2)CC1. The van der Waals surface area contributed by atoms with Crippen molar-refractivity contribution in [3.63, 3.8) is 0 Å². The Labute approximate surface area is 207 Å². The van der Waals surface area contributed by atoms with E-state index in [9.17, 15) is 18.0 Å². The quantitative estimate of drug-likeness (QED) is 0.509. The fourth-order valence-corrected chi connectivity index (χ4v) is 3.73. The van der Waals surface area contributed by atoms with E-state index in [0.717, 1.165) is 32.4 Å². The highest BCUT2D eigenvalue weighted by molar-refractivity contribution is 6.05. The number of ether oxygens (including phenoxy) is 1. The second-order valence-corrected chi connectivity index (χ2v) is 8.62. The fourth-order valence-electron chi connectivity index (χ4n) is 3.73. The van der Waals surface area contributed by atoms with E-state index in [4.69, 9.17) is 4.74 Å². The van der Waals surface area contributed by atoms with Crippen LogP contribution in [-0.4, -0.2) is 76.6 Å². The highest BCUT2D eigenvalue weighted by atomic mass is 19.4. The Kier molecular flexibility index (Phi) is 7.67. The lowest BCUT2D eigenvalue weighted by atomic mass is 10.1. The molecule has 0 radical (unpaired) electrons. The lowest BCUT2D eigenvalue weighted by Crippen LogP contribution is -2.45. The Morgan fingerprint density at radius 2 is 1.97 bits per heavy atom. The van der Waals surface area contributed by atoms with Gasteiger partial charge in [0.15, 0.2) is 0 Å². The number of aromatic nitrogens is 3. The minimum absolute atomic E-state index is 0.0252. The van der Waals surface area contributed by atoms with E-state index in [2.05, 4.69) is 44.0 Å². The zero-order valence-corrected chi connectivity index (χ0v) is 20.0. The van der Waals surface area contributed by atoms with Crippen LogP contribution in [0.1, 0.15) is 11.3 Å². The third-order valence-corrected chi connectivity index (χ3v) is 5.80. The van der Waals surface area contributed by atoms with Gasteiger partial charge in [-0.15, -0.1) is 0 Å². The topological polar surface area (TPSA) is 78.4 Å². The van der Waals surface area contributed by atoms with Crippen molar-refractivity contribution in [3.8, 4) is 29.0 Å². The van der Waals surface area contributed by atoms with Crippen LogP contribution in [0.4, 0.5) is 18.9 Å². The van der Waals surface area contributed by atoms with Crippen molar-refractivity contribution in [2.24, 2.45) is 7.05 Å². The van der Waals surface area contributed by atoms with Crippen LogP contribution >= 0.6 is 0 Å². The summed E-state index contributed by atoms with van der Waals surface area (Å²) in [4.78, 5) is 23.2. The Morgan fingerprint density at radius 3 is 2.64 bits per heavy atom. The van der Waals surface area contributed by atoms with E-state index in [1.54, 1.807) is 24.4 Å². The van der Waals surface area contributed by atoms with E-state index in [0.29, 0.717) is 35.7 Å². The minimum Gasteiger partial charge on any atom is -0.490 e. The largest absolute Gasteiger partial charge is 0.490 e. The summed E-state index contributed by atoms with van der Waals surface area (Å²) in [6.45, 7) is 4.96. The molecular formula is C25H27F3N6O2. The molecule has 3 aromatic rings. The maximum absolute atomic E-state index is 13.0. The molecule has 4 rings (SSSR count). The van der Waals surface area contributed by atoms with Gasteiger partial charge in [0.1, 0.15) is 23.9 Å². The molecule has 11 heteroatoms. The number of hydrogen-bond acceptors (Lipinski definition) is 5. The number of benzene rings is 1. The van der Waals surface area contributed by atoms with E-state index in [1.165, 1.54) is 6.07 Å². The number of nitrogens with one attached hydrogen (secondary N) is 2. The molecule has 0 unspecified atom stereocenters. The average molecular weight is 501 g/mol. The van der Waals surface area contributed by atoms with Crippen LogP contribution < -0.4 is 10.1 Å². The van der Waals surface area contributed by atoms with E-state index in [-0.39, 0.29) is 5.82 Å². The fraction of sp³-hybridized carbons (Fsp3) is 0.360. The normalized spacial score (nSPS) is 14.8. The van der Waals surface area contributed by atoms with Gasteiger partial charge < -0.3 is 24.5 Å². The molecule has 0 atom stereocenters. The number of likely N-dealkylation sites (N-methyl/N-ethyl adjacent to an activating group) is 1. The first kappa shape index (κ1) is 25.3. The monoisotopic (exact) mass is 500 g/mol. The Hall–Kier alpha value is -3.75. The second-order valence-electron chi connectivity index (χ2n) is 8.62. The van der Waals surface area contributed by atoms with Crippen LogP contribution in [0.25, 0.3) is 11.4 Å². The number of aryl methyl sites for hydroxylation is 1. The Bertz CT molecular complexity index is 1260. The molecule has 1 aromatic carbocycles. The number of amides is 1. The van der Waals surface area contributed by atoms with Crippen molar-refractivity contribution < 1.29 is 22.7 Å². The van der Waals surface area contributed by atoms with Crippen molar-refractivity contribution in [2.45, 2.75) is 6.18 Å². The number of hydrogen-bond donors (Lipinski definition) is 2. The summed E-state index contributed by atoms with van der Waals surface area (Å²) >= 11 is 0. The molecule has 3 heterocycles. The molecule has 0 bridgehead atoms. The second kappa shape index (κ2) is 10.9. The first-order valence-corrected chi connectivity index (χ1v) is 11.4. The summed E-state index contributed by atoms with van der Waals surface area (Å²) in [6, 6.07) is 6.50. The molecule has 1 amide bonds. The van der Waals surface area contributed by atoms with Gasteiger partial charge in [-0.2, -0.15) is 13.2 Å². The number of alkyl halides is 3. The molecule has 8 nitrogen and oxygen atoms in total. The molecular weight excluding hydrogens is 473 g/mol. The maximum Gasteiger partial charge on any atom is 0.432 e. The zero-order chi connectivity index (χ0) is 25.7. The highest BCUT2D eigenvalue weighted by Crippen LogP contribution is 2.32. The van der Waals surface area contributed by atoms with Crippen LogP contribution in [0.15, 0.2) is 42.9 Å². The van der Waals surface area contributed by atoms with Crippen LogP contribution in [0.2, 0.25) is 0 Å². The number of H-pyrrole nitrogens is 1. The first-order chi connectivity index (χ1) is 17.2. The summed E-state index contributed by atoms with van der Waals surface area (Å²) in [5.41, 5.74) is 0.385. The van der Waals surface area contributed by atoms with E-state index in [1.807, 2.05) is 17.8 Å². The molecule has 1 aliphatic heterocycles. The number of piperazine rings is 1. The smallest absolute Gasteiger partial charge is 0.432 e. The first-order valence-electron chi connectivity index (χ1n) is 11.4. The van der Waals surface area contributed by atoms with Crippen molar-refractivity contribution in [1.29, 1.82) is 0 Å². The van der Waals surface area contributed by atoms with Gasteiger partial charge in [0.25, 0.3) is 0 Å². The average Bonchev–Trinajstić information content (AvgIpc) is 3.49.